The molecule has 2 N–H and O–H groups in total. The van der Waals surface area contributed by atoms with Crippen LogP contribution in [0.25, 0.3) is 10.9 Å². The highest BCUT2D eigenvalue weighted by Gasteiger charge is 2.24. The van der Waals surface area contributed by atoms with E-state index < -0.39 is 0 Å². The lowest BCUT2D eigenvalue weighted by molar-refractivity contribution is 0.327. The van der Waals surface area contributed by atoms with Gasteiger partial charge in [-0.2, -0.15) is 0 Å². The van der Waals surface area contributed by atoms with Gasteiger partial charge in [0.15, 0.2) is 11.5 Å². The zero-order valence-electron chi connectivity index (χ0n) is 19.4. The van der Waals surface area contributed by atoms with E-state index in [9.17, 15) is 4.79 Å². The first-order chi connectivity index (χ1) is 16.1. The van der Waals surface area contributed by atoms with Gasteiger partial charge < -0.3 is 29.2 Å². The van der Waals surface area contributed by atoms with Crippen molar-refractivity contribution in [1.82, 2.24) is 15.3 Å². The molecule has 0 aliphatic carbocycles. The van der Waals surface area contributed by atoms with Crippen molar-refractivity contribution >= 4 is 16.9 Å². The summed E-state index contributed by atoms with van der Waals surface area (Å²) in [6.45, 7) is 2.31. The van der Waals surface area contributed by atoms with Crippen LogP contribution in [-0.2, 0) is 6.54 Å². The molecule has 176 valence electrons. The molecule has 0 spiro atoms. The number of hydrogen-bond acceptors (Lipinski definition) is 8. The summed E-state index contributed by atoms with van der Waals surface area (Å²) < 4.78 is 21.7. The number of benzene rings is 2. The Kier molecular flexibility index (Phi) is 6.88. The number of piperidine rings is 1. The summed E-state index contributed by atoms with van der Waals surface area (Å²) in [6, 6.07) is 10.1. The quantitative estimate of drug-likeness (QED) is 0.536. The molecule has 1 aromatic heterocycles. The van der Waals surface area contributed by atoms with Crippen molar-refractivity contribution in [1.29, 1.82) is 0 Å². The third-order valence-electron chi connectivity index (χ3n) is 6.06. The average Bonchev–Trinajstić information content (AvgIpc) is 2.86. The van der Waals surface area contributed by atoms with Crippen LogP contribution in [0, 0.1) is 0 Å². The molecule has 3 aromatic rings. The first-order valence-electron chi connectivity index (χ1n) is 10.9. The topological polar surface area (TPSA) is 97.9 Å². The number of anilines is 1. The summed E-state index contributed by atoms with van der Waals surface area (Å²) in [5.74, 6) is 2.58. The molecule has 0 amide bonds. The SMILES string of the molecule is COc1ccccc1CNC1CCN(c2nc3cc(OC)c(OC)c(OC)c3c(=O)[nH]2)CC1. The van der Waals surface area contributed by atoms with Crippen LogP contribution < -0.4 is 34.7 Å². The van der Waals surface area contributed by atoms with E-state index in [-0.39, 0.29) is 5.56 Å². The Bertz CT molecular complexity index is 1170. The lowest BCUT2D eigenvalue weighted by atomic mass is 10.0. The van der Waals surface area contributed by atoms with Gasteiger partial charge >= 0.3 is 0 Å². The number of hydrogen-bond donors (Lipinski definition) is 2. The lowest BCUT2D eigenvalue weighted by Crippen LogP contribution is -2.43. The van der Waals surface area contributed by atoms with Crippen LogP contribution in [0.3, 0.4) is 0 Å². The Morgan fingerprint density at radius 3 is 2.36 bits per heavy atom. The van der Waals surface area contributed by atoms with Crippen LogP contribution in [0.5, 0.6) is 23.0 Å². The van der Waals surface area contributed by atoms with Gasteiger partial charge in [0, 0.05) is 37.3 Å². The Morgan fingerprint density at radius 1 is 1.00 bits per heavy atom. The maximum absolute atomic E-state index is 13.0. The predicted molar refractivity (Wildman–Crippen MR) is 127 cm³/mol. The number of methoxy groups -OCH3 is 4. The molecule has 1 aliphatic rings. The van der Waals surface area contributed by atoms with Gasteiger partial charge in [-0.15, -0.1) is 0 Å². The van der Waals surface area contributed by atoms with E-state index in [1.807, 2.05) is 18.2 Å². The summed E-state index contributed by atoms with van der Waals surface area (Å²) in [5.41, 5.74) is 1.37. The first-order valence-corrected chi connectivity index (χ1v) is 10.9. The number of fused-ring (bicyclic) bond motifs is 1. The minimum atomic E-state index is -0.274. The Hall–Kier alpha value is -3.46. The molecule has 0 saturated carbocycles. The highest BCUT2D eigenvalue weighted by atomic mass is 16.5. The summed E-state index contributed by atoms with van der Waals surface area (Å²) in [4.78, 5) is 22.7. The summed E-state index contributed by atoms with van der Waals surface area (Å²) in [7, 11) is 6.23. The fraction of sp³-hybridized carbons (Fsp3) is 0.417. The van der Waals surface area contributed by atoms with Gasteiger partial charge in [0.05, 0.1) is 34.0 Å². The van der Waals surface area contributed by atoms with Crippen LogP contribution in [0.15, 0.2) is 35.1 Å². The van der Waals surface area contributed by atoms with Crippen LogP contribution in [0.1, 0.15) is 18.4 Å². The van der Waals surface area contributed by atoms with Gasteiger partial charge in [-0.3, -0.25) is 9.78 Å². The van der Waals surface area contributed by atoms with E-state index in [4.69, 9.17) is 23.9 Å². The standard InChI is InChI=1S/C24H30N4O5/c1-30-18-8-6-5-7-15(18)14-25-16-9-11-28(12-10-16)24-26-17-13-19(31-2)21(32-3)22(33-4)20(17)23(29)27-24/h5-8,13,16,25H,9-12,14H2,1-4H3,(H,26,27,29). The van der Waals surface area contributed by atoms with Gasteiger partial charge in [0.25, 0.3) is 5.56 Å². The number of rotatable bonds is 8. The summed E-state index contributed by atoms with van der Waals surface area (Å²) >= 11 is 0. The summed E-state index contributed by atoms with van der Waals surface area (Å²) in [6.07, 6.45) is 1.87. The third kappa shape index (κ3) is 4.54. The highest BCUT2D eigenvalue weighted by Crippen LogP contribution is 2.41. The lowest BCUT2D eigenvalue weighted by Gasteiger charge is -2.33. The van der Waals surface area contributed by atoms with Crippen molar-refractivity contribution in [3.63, 3.8) is 0 Å². The number of aromatic amines is 1. The molecule has 0 unspecified atom stereocenters. The highest BCUT2D eigenvalue weighted by molar-refractivity contribution is 5.90. The number of H-pyrrole nitrogens is 1. The number of nitrogens with zero attached hydrogens (tertiary/aromatic N) is 2. The van der Waals surface area contributed by atoms with Crippen molar-refractivity contribution in [3.05, 3.63) is 46.2 Å². The van der Waals surface area contributed by atoms with Gasteiger partial charge in [0.1, 0.15) is 11.1 Å². The van der Waals surface area contributed by atoms with Crippen molar-refractivity contribution in [2.75, 3.05) is 46.4 Å². The minimum Gasteiger partial charge on any atom is -0.496 e. The van der Waals surface area contributed by atoms with E-state index in [0.29, 0.717) is 40.1 Å². The maximum atomic E-state index is 13.0. The molecule has 1 saturated heterocycles. The molecule has 0 atom stereocenters. The fourth-order valence-corrected chi connectivity index (χ4v) is 4.31. The molecule has 33 heavy (non-hydrogen) atoms. The van der Waals surface area contributed by atoms with Crippen molar-refractivity contribution in [2.45, 2.75) is 25.4 Å². The van der Waals surface area contributed by atoms with Crippen LogP contribution >= 0.6 is 0 Å². The number of aromatic nitrogens is 2. The molecule has 0 bridgehead atoms. The molecule has 9 nitrogen and oxygen atoms in total. The zero-order chi connectivity index (χ0) is 23.4. The molecule has 4 rings (SSSR count). The average molecular weight is 455 g/mol. The smallest absolute Gasteiger partial charge is 0.264 e. The molecular weight excluding hydrogens is 424 g/mol. The molecule has 1 fully saturated rings. The van der Waals surface area contributed by atoms with Gasteiger partial charge in [0.2, 0.25) is 11.7 Å². The number of para-hydroxylation sites is 1. The molecular formula is C24H30N4O5. The van der Waals surface area contributed by atoms with Crippen molar-refractivity contribution in [2.24, 2.45) is 0 Å². The predicted octanol–water partition coefficient (Wildman–Crippen LogP) is 2.72. The van der Waals surface area contributed by atoms with E-state index in [2.05, 4.69) is 21.3 Å². The minimum absolute atomic E-state index is 0.274. The molecule has 0 radical (unpaired) electrons. The monoisotopic (exact) mass is 454 g/mol. The van der Waals surface area contributed by atoms with Gasteiger partial charge in [-0.25, -0.2) is 4.98 Å². The molecule has 9 heteroatoms. The second kappa shape index (κ2) is 9.99. The largest absolute Gasteiger partial charge is 0.496 e. The van der Waals surface area contributed by atoms with Gasteiger partial charge in [-0.05, 0) is 18.9 Å². The molecule has 2 aromatic carbocycles. The first kappa shape index (κ1) is 22.7. The Morgan fingerprint density at radius 2 is 1.70 bits per heavy atom. The van der Waals surface area contributed by atoms with Crippen molar-refractivity contribution in [3.8, 4) is 23.0 Å². The molecule has 1 aliphatic heterocycles. The number of ether oxygens (including phenoxy) is 4. The fourth-order valence-electron chi connectivity index (χ4n) is 4.31. The molecule has 2 heterocycles. The maximum Gasteiger partial charge on any atom is 0.264 e. The Balaban J connectivity index is 1.49. The van der Waals surface area contributed by atoms with E-state index in [1.54, 1.807) is 20.3 Å². The Labute approximate surface area is 192 Å². The second-order valence-electron chi connectivity index (χ2n) is 7.88. The van der Waals surface area contributed by atoms with E-state index in [0.717, 1.165) is 43.8 Å². The van der Waals surface area contributed by atoms with Crippen LogP contribution in [0.2, 0.25) is 0 Å². The third-order valence-corrected chi connectivity index (χ3v) is 6.06. The van der Waals surface area contributed by atoms with E-state index in [1.165, 1.54) is 14.2 Å². The van der Waals surface area contributed by atoms with Gasteiger partial charge in [-0.1, -0.05) is 18.2 Å². The van der Waals surface area contributed by atoms with Crippen LogP contribution in [0.4, 0.5) is 5.95 Å². The number of nitrogens with one attached hydrogen (secondary N) is 2. The van der Waals surface area contributed by atoms with Crippen LogP contribution in [-0.4, -0.2) is 57.5 Å². The summed E-state index contributed by atoms with van der Waals surface area (Å²) in [5, 5.41) is 3.96. The van der Waals surface area contributed by atoms with Crippen molar-refractivity contribution < 1.29 is 18.9 Å². The zero-order valence-corrected chi connectivity index (χ0v) is 19.4. The van der Waals surface area contributed by atoms with E-state index >= 15 is 0 Å². The second-order valence-corrected chi connectivity index (χ2v) is 7.88. The normalized spacial score (nSPS) is 14.4.